The molecule has 0 amide bonds. The van der Waals surface area contributed by atoms with E-state index >= 15 is 0 Å². The van der Waals surface area contributed by atoms with Crippen molar-refractivity contribution >= 4 is 11.6 Å². The Kier molecular flexibility index (Phi) is 3.24. The summed E-state index contributed by atoms with van der Waals surface area (Å²) in [4.78, 5) is 10.8. The average Bonchev–Trinajstić information content (AvgIpc) is 2.78. The van der Waals surface area contributed by atoms with E-state index in [4.69, 9.17) is 4.74 Å². The molecule has 0 aliphatic carbocycles. The van der Waals surface area contributed by atoms with Gasteiger partial charge in [0, 0.05) is 32.8 Å². The van der Waals surface area contributed by atoms with Crippen LogP contribution >= 0.6 is 0 Å². The molecule has 1 saturated heterocycles. The second-order valence-electron chi connectivity index (χ2n) is 4.01. The van der Waals surface area contributed by atoms with E-state index in [1.807, 2.05) is 14.0 Å². The van der Waals surface area contributed by atoms with Crippen LogP contribution in [0.1, 0.15) is 12.0 Å². The maximum absolute atomic E-state index is 5.36. The highest BCUT2D eigenvalue weighted by Crippen LogP contribution is 2.25. The van der Waals surface area contributed by atoms with Crippen LogP contribution in [0.4, 0.5) is 11.6 Å². The van der Waals surface area contributed by atoms with Crippen LogP contribution in [0.2, 0.25) is 0 Å². The first-order valence-corrected chi connectivity index (χ1v) is 5.53. The van der Waals surface area contributed by atoms with E-state index in [1.54, 1.807) is 13.4 Å². The first-order valence-electron chi connectivity index (χ1n) is 5.53. The predicted molar refractivity (Wildman–Crippen MR) is 63.9 cm³/mol. The fourth-order valence-corrected chi connectivity index (χ4v) is 2.12. The summed E-state index contributed by atoms with van der Waals surface area (Å²) in [6, 6.07) is 0. The molecule has 0 spiro atoms. The van der Waals surface area contributed by atoms with Gasteiger partial charge in [0.15, 0.2) is 0 Å². The van der Waals surface area contributed by atoms with Crippen LogP contribution in [0.5, 0.6) is 0 Å². The Morgan fingerprint density at radius 1 is 1.50 bits per heavy atom. The number of anilines is 2. The SMILES string of the molecule is CNc1ncnc(N2CCC(OC)C2)c1C. The lowest BCUT2D eigenvalue weighted by Gasteiger charge is -2.20. The molecular formula is C11H18N4O. The molecule has 2 heterocycles. The molecule has 1 atom stereocenters. The molecule has 1 aliphatic heterocycles. The summed E-state index contributed by atoms with van der Waals surface area (Å²) in [5.74, 6) is 1.91. The summed E-state index contributed by atoms with van der Waals surface area (Å²) in [6.45, 7) is 3.96. The fourth-order valence-electron chi connectivity index (χ4n) is 2.12. The van der Waals surface area contributed by atoms with Crippen molar-refractivity contribution in [1.82, 2.24) is 9.97 Å². The Balaban J connectivity index is 2.21. The van der Waals surface area contributed by atoms with E-state index in [1.165, 1.54) is 0 Å². The van der Waals surface area contributed by atoms with E-state index in [2.05, 4.69) is 20.2 Å². The Bertz CT molecular complexity index is 369. The summed E-state index contributed by atoms with van der Waals surface area (Å²) in [5, 5.41) is 3.08. The van der Waals surface area contributed by atoms with Gasteiger partial charge in [-0.15, -0.1) is 0 Å². The van der Waals surface area contributed by atoms with E-state index in [9.17, 15) is 0 Å². The molecule has 0 bridgehead atoms. The van der Waals surface area contributed by atoms with Crippen LogP contribution in [-0.4, -0.2) is 43.3 Å². The molecule has 5 heteroatoms. The molecule has 0 saturated carbocycles. The maximum atomic E-state index is 5.36. The third-order valence-electron chi connectivity index (χ3n) is 3.07. The van der Waals surface area contributed by atoms with Gasteiger partial charge < -0.3 is 15.0 Å². The van der Waals surface area contributed by atoms with Gasteiger partial charge in [0.2, 0.25) is 0 Å². The normalized spacial score (nSPS) is 20.2. The Morgan fingerprint density at radius 2 is 2.31 bits per heavy atom. The number of rotatable bonds is 3. The Labute approximate surface area is 95.8 Å². The van der Waals surface area contributed by atoms with Gasteiger partial charge in [-0.25, -0.2) is 9.97 Å². The van der Waals surface area contributed by atoms with Gasteiger partial charge in [0.05, 0.1) is 6.10 Å². The van der Waals surface area contributed by atoms with Crippen LogP contribution in [0.3, 0.4) is 0 Å². The average molecular weight is 222 g/mol. The monoisotopic (exact) mass is 222 g/mol. The van der Waals surface area contributed by atoms with Gasteiger partial charge in [0.1, 0.15) is 18.0 Å². The molecule has 0 radical (unpaired) electrons. The molecular weight excluding hydrogens is 204 g/mol. The number of hydrogen-bond acceptors (Lipinski definition) is 5. The van der Waals surface area contributed by atoms with Crippen molar-refractivity contribution in [2.75, 3.05) is 37.5 Å². The smallest absolute Gasteiger partial charge is 0.137 e. The van der Waals surface area contributed by atoms with E-state index in [0.717, 1.165) is 36.7 Å². The summed E-state index contributed by atoms with van der Waals surface area (Å²) in [6.07, 6.45) is 3.00. The molecule has 1 aromatic rings. The molecule has 5 nitrogen and oxygen atoms in total. The molecule has 2 rings (SSSR count). The minimum atomic E-state index is 0.326. The van der Waals surface area contributed by atoms with Crippen LogP contribution in [0, 0.1) is 6.92 Å². The molecule has 0 aromatic carbocycles. The van der Waals surface area contributed by atoms with Crippen molar-refractivity contribution in [2.45, 2.75) is 19.4 Å². The summed E-state index contributed by atoms with van der Waals surface area (Å²) in [5.41, 5.74) is 1.10. The highest BCUT2D eigenvalue weighted by Gasteiger charge is 2.24. The minimum Gasteiger partial charge on any atom is -0.380 e. The molecule has 1 fully saturated rings. The first kappa shape index (κ1) is 11.1. The molecule has 88 valence electrons. The number of hydrogen-bond donors (Lipinski definition) is 1. The lowest BCUT2D eigenvalue weighted by molar-refractivity contribution is 0.121. The fraction of sp³-hybridized carbons (Fsp3) is 0.636. The lowest BCUT2D eigenvalue weighted by Crippen LogP contribution is -2.24. The third-order valence-corrected chi connectivity index (χ3v) is 3.07. The lowest BCUT2D eigenvalue weighted by atomic mass is 10.3. The molecule has 1 aliphatic rings. The van der Waals surface area contributed by atoms with E-state index in [-0.39, 0.29) is 0 Å². The predicted octanol–water partition coefficient (Wildman–Crippen LogP) is 1.05. The van der Waals surface area contributed by atoms with Crippen molar-refractivity contribution in [1.29, 1.82) is 0 Å². The minimum absolute atomic E-state index is 0.326. The molecule has 1 aromatic heterocycles. The van der Waals surface area contributed by atoms with Crippen LogP contribution in [0.25, 0.3) is 0 Å². The summed E-state index contributed by atoms with van der Waals surface area (Å²) >= 11 is 0. The number of methoxy groups -OCH3 is 1. The quantitative estimate of drug-likeness (QED) is 0.828. The number of aromatic nitrogens is 2. The van der Waals surface area contributed by atoms with Crippen molar-refractivity contribution in [3.63, 3.8) is 0 Å². The van der Waals surface area contributed by atoms with Gasteiger partial charge in [-0.05, 0) is 13.3 Å². The number of nitrogens with one attached hydrogen (secondary N) is 1. The van der Waals surface area contributed by atoms with Gasteiger partial charge in [-0.1, -0.05) is 0 Å². The maximum Gasteiger partial charge on any atom is 0.137 e. The molecule has 1 unspecified atom stereocenters. The van der Waals surface area contributed by atoms with Crippen molar-refractivity contribution in [2.24, 2.45) is 0 Å². The van der Waals surface area contributed by atoms with Gasteiger partial charge in [0.25, 0.3) is 0 Å². The standard InChI is InChI=1S/C11H18N4O/c1-8-10(12-2)13-7-14-11(8)15-5-4-9(6-15)16-3/h7,9H,4-6H2,1-3H3,(H,12,13,14). The highest BCUT2D eigenvalue weighted by molar-refractivity contribution is 5.58. The Morgan fingerprint density at radius 3 is 2.94 bits per heavy atom. The summed E-state index contributed by atoms with van der Waals surface area (Å²) in [7, 11) is 3.64. The first-order chi connectivity index (χ1) is 7.76. The largest absolute Gasteiger partial charge is 0.380 e. The number of ether oxygens (including phenoxy) is 1. The van der Waals surface area contributed by atoms with Crippen LogP contribution < -0.4 is 10.2 Å². The van der Waals surface area contributed by atoms with E-state index < -0.39 is 0 Å². The van der Waals surface area contributed by atoms with Crippen LogP contribution in [-0.2, 0) is 4.74 Å². The second kappa shape index (κ2) is 4.65. The van der Waals surface area contributed by atoms with Crippen molar-refractivity contribution < 1.29 is 4.74 Å². The van der Waals surface area contributed by atoms with Gasteiger partial charge in [-0.2, -0.15) is 0 Å². The molecule has 16 heavy (non-hydrogen) atoms. The zero-order chi connectivity index (χ0) is 11.5. The highest BCUT2D eigenvalue weighted by atomic mass is 16.5. The Hall–Kier alpha value is -1.36. The van der Waals surface area contributed by atoms with E-state index in [0.29, 0.717) is 6.10 Å². The second-order valence-corrected chi connectivity index (χ2v) is 4.01. The zero-order valence-electron chi connectivity index (χ0n) is 10.0. The molecule has 1 N–H and O–H groups in total. The van der Waals surface area contributed by atoms with Gasteiger partial charge >= 0.3 is 0 Å². The van der Waals surface area contributed by atoms with Crippen molar-refractivity contribution in [3.05, 3.63) is 11.9 Å². The third kappa shape index (κ3) is 1.95. The topological polar surface area (TPSA) is 50.3 Å². The van der Waals surface area contributed by atoms with Gasteiger partial charge in [-0.3, -0.25) is 0 Å². The zero-order valence-corrected chi connectivity index (χ0v) is 10.0. The number of nitrogens with zero attached hydrogens (tertiary/aromatic N) is 3. The summed E-state index contributed by atoms with van der Waals surface area (Å²) < 4.78 is 5.36. The van der Waals surface area contributed by atoms with Crippen LogP contribution in [0.15, 0.2) is 6.33 Å². The van der Waals surface area contributed by atoms with Crippen molar-refractivity contribution in [3.8, 4) is 0 Å².